The predicted molar refractivity (Wildman–Crippen MR) is 70.1 cm³/mol. The minimum Gasteiger partial charge on any atom is -0.492 e. The molecule has 2 rings (SSSR count). The fourth-order valence-electron chi connectivity index (χ4n) is 1.40. The third-order valence-electron chi connectivity index (χ3n) is 2.27. The lowest BCUT2D eigenvalue weighted by Crippen LogP contribution is -2.20. The number of hydrogen-bond donors (Lipinski definition) is 1. The molecule has 0 unspecified atom stereocenters. The lowest BCUT2D eigenvalue weighted by Gasteiger charge is -2.06. The van der Waals surface area contributed by atoms with Crippen LogP contribution in [0.5, 0.6) is 5.75 Å². The van der Waals surface area contributed by atoms with E-state index in [2.05, 4.69) is 21.2 Å². The van der Waals surface area contributed by atoms with E-state index in [4.69, 9.17) is 9.15 Å². The molecule has 0 saturated heterocycles. The average molecular weight is 296 g/mol. The molecule has 0 spiro atoms. The van der Waals surface area contributed by atoms with E-state index in [0.29, 0.717) is 6.61 Å². The first-order chi connectivity index (χ1) is 8.34. The zero-order chi connectivity index (χ0) is 11.9. The molecular formula is C13H14BrNO2. The molecule has 0 amide bonds. The molecule has 0 aliphatic heterocycles. The third kappa shape index (κ3) is 4.24. The molecule has 3 nitrogen and oxygen atoms in total. The first-order valence-corrected chi connectivity index (χ1v) is 6.24. The topological polar surface area (TPSA) is 34.4 Å². The minimum atomic E-state index is 0.652. The monoisotopic (exact) mass is 295 g/mol. The van der Waals surface area contributed by atoms with Gasteiger partial charge in [0.1, 0.15) is 12.4 Å². The van der Waals surface area contributed by atoms with Crippen molar-refractivity contribution >= 4 is 15.9 Å². The van der Waals surface area contributed by atoms with E-state index >= 15 is 0 Å². The van der Waals surface area contributed by atoms with Crippen LogP contribution in [0.25, 0.3) is 0 Å². The van der Waals surface area contributed by atoms with Gasteiger partial charge in [-0.25, -0.2) is 0 Å². The summed E-state index contributed by atoms with van der Waals surface area (Å²) < 4.78 is 11.6. The second-order valence-corrected chi connectivity index (χ2v) is 4.53. The van der Waals surface area contributed by atoms with Crippen LogP contribution in [0.2, 0.25) is 0 Å². The molecule has 0 atom stereocenters. The van der Waals surface area contributed by atoms with E-state index in [1.807, 2.05) is 30.3 Å². The van der Waals surface area contributed by atoms with Crippen LogP contribution < -0.4 is 10.1 Å². The van der Waals surface area contributed by atoms with Crippen molar-refractivity contribution in [2.24, 2.45) is 0 Å². The van der Waals surface area contributed by atoms with Gasteiger partial charge in [0.05, 0.1) is 12.5 Å². The highest BCUT2D eigenvalue weighted by atomic mass is 79.9. The van der Waals surface area contributed by atoms with Gasteiger partial charge in [0.15, 0.2) is 0 Å². The van der Waals surface area contributed by atoms with Gasteiger partial charge in [0.25, 0.3) is 0 Å². The first-order valence-electron chi connectivity index (χ1n) is 5.45. The van der Waals surface area contributed by atoms with Crippen molar-refractivity contribution in [1.29, 1.82) is 0 Å². The normalized spacial score (nSPS) is 10.4. The minimum absolute atomic E-state index is 0.652. The Bertz CT molecular complexity index is 425. The maximum atomic E-state index is 5.57. The fraction of sp³-hybridized carbons (Fsp3) is 0.231. The lowest BCUT2D eigenvalue weighted by atomic mass is 10.3. The van der Waals surface area contributed by atoms with Crippen LogP contribution >= 0.6 is 15.9 Å². The highest BCUT2D eigenvalue weighted by Gasteiger charge is 1.95. The molecule has 1 N–H and O–H groups in total. The largest absolute Gasteiger partial charge is 0.492 e. The van der Waals surface area contributed by atoms with Crippen LogP contribution in [-0.4, -0.2) is 13.2 Å². The first kappa shape index (κ1) is 12.2. The van der Waals surface area contributed by atoms with Gasteiger partial charge in [-0.05, 0) is 30.3 Å². The Balaban J connectivity index is 1.61. The molecule has 0 aliphatic carbocycles. The number of rotatable bonds is 6. The zero-order valence-corrected chi connectivity index (χ0v) is 10.9. The van der Waals surface area contributed by atoms with Gasteiger partial charge in [-0.3, -0.25) is 0 Å². The standard InChI is InChI=1S/C13H14BrNO2/c14-12-1-3-13(4-2-12)17-8-6-15-9-11-5-7-16-10-11/h1-5,7,10,15H,6,8-9H2. The van der Waals surface area contributed by atoms with E-state index in [1.54, 1.807) is 12.5 Å². The number of furan rings is 1. The molecule has 17 heavy (non-hydrogen) atoms. The Morgan fingerprint density at radius 2 is 2.00 bits per heavy atom. The lowest BCUT2D eigenvalue weighted by molar-refractivity contribution is 0.313. The SMILES string of the molecule is Brc1ccc(OCCNCc2ccoc2)cc1. The molecule has 1 heterocycles. The highest BCUT2D eigenvalue weighted by Crippen LogP contribution is 2.15. The summed E-state index contributed by atoms with van der Waals surface area (Å²) in [6, 6.07) is 9.77. The summed E-state index contributed by atoms with van der Waals surface area (Å²) >= 11 is 3.38. The molecule has 1 aromatic carbocycles. The molecule has 0 radical (unpaired) electrons. The number of nitrogens with one attached hydrogen (secondary N) is 1. The van der Waals surface area contributed by atoms with E-state index in [0.717, 1.165) is 28.9 Å². The summed E-state index contributed by atoms with van der Waals surface area (Å²) in [7, 11) is 0. The Morgan fingerprint density at radius 1 is 1.18 bits per heavy atom. The van der Waals surface area contributed by atoms with E-state index in [1.165, 1.54) is 0 Å². The number of halogens is 1. The maximum absolute atomic E-state index is 5.57. The summed E-state index contributed by atoms with van der Waals surface area (Å²) in [5, 5.41) is 3.28. The molecule has 0 saturated carbocycles. The number of benzene rings is 1. The van der Waals surface area contributed by atoms with Gasteiger partial charge < -0.3 is 14.5 Å². The van der Waals surface area contributed by atoms with Gasteiger partial charge in [-0.15, -0.1) is 0 Å². The zero-order valence-electron chi connectivity index (χ0n) is 9.36. The summed E-state index contributed by atoms with van der Waals surface area (Å²) in [5.41, 5.74) is 1.15. The van der Waals surface area contributed by atoms with Crippen LogP contribution in [0, 0.1) is 0 Å². The molecule has 90 valence electrons. The van der Waals surface area contributed by atoms with Crippen LogP contribution in [0.4, 0.5) is 0 Å². The van der Waals surface area contributed by atoms with E-state index in [-0.39, 0.29) is 0 Å². The fourth-order valence-corrected chi connectivity index (χ4v) is 1.66. The van der Waals surface area contributed by atoms with Crippen molar-refractivity contribution in [3.05, 3.63) is 52.9 Å². The second kappa shape index (κ2) is 6.47. The predicted octanol–water partition coefficient (Wildman–Crippen LogP) is 3.21. The maximum Gasteiger partial charge on any atom is 0.119 e. The smallest absolute Gasteiger partial charge is 0.119 e. The number of hydrogen-bond acceptors (Lipinski definition) is 3. The third-order valence-corrected chi connectivity index (χ3v) is 2.80. The molecule has 2 aromatic rings. The van der Waals surface area contributed by atoms with Crippen LogP contribution in [0.15, 0.2) is 51.7 Å². The molecule has 0 aliphatic rings. The molecule has 0 bridgehead atoms. The van der Waals surface area contributed by atoms with Crippen molar-refractivity contribution in [3.63, 3.8) is 0 Å². The summed E-state index contributed by atoms with van der Waals surface area (Å²) in [4.78, 5) is 0. The van der Waals surface area contributed by atoms with Crippen molar-refractivity contribution in [1.82, 2.24) is 5.32 Å². The Morgan fingerprint density at radius 3 is 2.71 bits per heavy atom. The van der Waals surface area contributed by atoms with Crippen LogP contribution in [0.1, 0.15) is 5.56 Å². The van der Waals surface area contributed by atoms with E-state index < -0.39 is 0 Å². The summed E-state index contributed by atoms with van der Waals surface area (Å²) in [5.74, 6) is 0.887. The molecule has 0 fully saturated rings. The van der Waals surface area contributed by atoms with Crippen LogP contribution in [-0.2, 0) is 6.54 Å². The highest BCUT2D eigenvalue weighted by molar-refractivity contribution is 9.10. The molecular weight excluding hydrogens is 282 g/mol. The quantitative estimate of drug-likeness (QED) is 0.831. The Labute approximate surface area is 109 Å². The Hall–Kier alpha value is -1.26. The van der Waals surface area contributed by atoms with Gasteiger partial charge in [-0.2, -0.15) is 0 Å². The van der Waals surface area contributed by atoms with E-state index in [9.17, 15) is 0 Å². The second-order valence-electron chi connectivity index (χ2n) is 3.61. The van der Waals surface area contributed by atoms with Crippen molar-refractivity contribution < 1.29 is 9.15 Å². The van der Waals surface area contributed by atoms with Gasteiger partial charge in [-0.1, -0.05) is 15.9 Å². The Kier molecular flexibility index (Phi) is 4.64. The van der Waals surface area contributed by atoms with Crippen molar-refractivity contribution in [2.75, 3.05) is 13.2 Å². The molecule has 1 aromatic heterocycles. The summed E-state index contributed by atoms with van der Waals surface area (Å²) in [6.07, 6.45) is 3.41. The van der Waals surface area contributed by atoms with Gasteiger partial charge in [0, 0.05) is 23.1 Å². The van der Waals surface area contributed by atoms with Crippen molar-refractivity contribution in [2.45, 2.75) is 6.54 Å². The van der Waals surface area contributed by atoms with Crippen molar-refractivity contribution in [3.8, 4) is 5.75 Å². The number of ether oxygens (including phenoxy) is 1. The molecule has 4 heteroatoms. The average Bonchev–Trinajstić information content (AvgIpc) is 2.84. The van der Waals surface area contributed by atoms with Gasteiger partial charge in [0.2, 0.25) is 0 Å². The van der Waals surface area contributed by atoms with Crippen LogP contribution in [0.3, 0.4) is 0 Å². The van der Waals surface area contributed by atoms with Gasteiger partial charge >= 0.3 is 0 Å². The summed E-state index contributed by atoms with van der Waals surface area (Å²) in [6.45, 7) is 2.26.